The van der Waals surface area contributed by atoms with E-state index in [2.05, 4.69) is 67.8 Å². The first-order chi connectivity index (χ1) is 35.3. The van der Waals surface area contributed by atoms with Crippen LogP contribution in [-0.2, 0) is 14.3 Å². The summed E-state index contributed by atoms with van der Waals surface area (Å²) in [5.74, 6) is -0.196. The fourth-order valence-electron chi connectivity index (χ4n) is 9.54. The number of carbonyl (C=O) groups is 1. The molecule has 1 saturated heterocycles. The number of allylic oxidation sites excluding steroid dienone is 9. The highest BCUT2D eigenvalue weighted by atomic mass is 16.7. The third kappa shape index (κ3) is 41.2. The Morgan fingerprint density at radius 3 is 1.33 bits per heavy atom. The van der Waals surface area contributed by atoms with Gasteiger partial charge in [-0.25, -0.2) is 0 Å². The number of hydrogen-bond donors (Lipinski definition) is 6. The summed E-state index contributed by atoms with van der Waals surface area (Å²) in [5.41, 5.74) is 0. The summed E-state index contributed by atoms with van der Waals surface area (Å²) in [6.45, 7) is 3.67. The highest BCUT2D eigenvalue weighted by molar-refractivity contribution is 5.76. The molecule has 0 radical (unpaired) electrons. The van der Waals surface area contributed by atoms with Gasteiger partial charge in [-0.1, -0.05) is 267 Å². The van der Waals surface area contributed by atoms with Crippen LogP contribution < -0.4 is 5.32 Å². The summed E-state index contributed by atoms with van der Waals surface area (Å²) >= 11 is 0. The van der Waals surface area contributed by atoms with E-state index in [9.17, 15) is 30.3 Å². The van der Waals surface area contributed by atoms with E-state index >= 15 is 0 Å². The van der Waals surface area contributed by atoms with E-state index in [1.807, 2.05) is 6.08 Å². The van der Waals surface area contributed by atoms with Crippen LogP contribution in [0.15, 0.2) is 60.8 Å². The maximum atomic E-state index is 13.0. The topological polar surface area (TPSA) is 149 Å². The lowest BCUT2D eigenvalue weighted by Gasteiger charge is -2.40. The van der Waals surface area contributed by atoms with Crippen LogP contribution in [0.2, 0.25) is 0 Å². The first kappa shape index (κ1) is 67.9. The molecular formula is C63H115NO8. The Morgan fingerprint density at radius 1 is 0.486 bits per heavy atom. The van der Waals surface area contributed by atoms with Crippen LogP contribution >= 0.6 is 0 Å². The van der Waals surface area contributed by atoms with Crippen molar-refractivity contribution in [3.05, 3.63) is 60.8 Å². The number of aliphatic hydroxyl groups is 5. The molecule has 1 amide bonds. The smallest absolute Gasteiger partial charge is 0.220 e. The van der Waals surface area contributed by atoms with Crippen LogP contribution in [0.1, 0.15) is 277 Å². The minimum atomic E-state index is -1.58. The van der Waals surface area contributed by atoms with Gasteiger partial charge in [-0.05, 0) is 64.2 Å². The van der Waals surface area contributed by atoms with Gasteiger partial charge in [-0.15, -0.1) is 0 Å². The fraction of sp³-hybridized carbons (Fsp3) is 0.825. The molecule has 0 spiro atoms. The van der Waals surface area contributed by atoms with Crippen LogP contribution in [0.5, 0.6) is 0 Å². The molecule has 0 aromatic carbocycles. The number of unbranched alkanes of at least 4 members (excludes halogenated alkanes) is 34. The zero-order valence-corrected chi connectivity index (χ0v) is 46.7. The molecule has 1 heterocycles. The molecule has 7 unspecified atom stereocenters. The molecule has 0 bridgehead atoms. The second-order valence-corrected chi connectivity index (χ2v) is 21.1. The molecule has 6 N–H and O–H groups in total. The number of aliphatic hydroxyl groups excluding tert-OH is 5. The zero-order valence-electron chi connectivity index (χ0n) is 46.7. The van der Waals surface area contributed by atoms with Gasteiger partial charge in [-0.3, -0.25) is 4.79 Å². The average molecular weight is 1010 g/mol. The highest BCUT2D eigenvalue weighted by Gasteiger charge is 2.44. The Balaban J connectivity index is 2.18. The summed E-state index contributed by atoms with van der Waals surface area (Å²) in [4.78, 5) is 13.0. The zero-order chi connectivity index (χ0) is 52.2. The quantitative estimate of drug-likeness (QED) is 0.0261. The van der Waals surface area contributed by atoms with Crippen molar-refractivity contribution in [2.24, 2.45) is 0 Å². The molecule has 0 aromatic heterocycles. The van der Waals surface area contributed by atoms with E-state index in [0.29, 0.717) is 6.42 Å². The lowest BCUT2D eigenvalue weighted by Crippen LogP contribution is -2.60. The van der Waals surface area contributed by atoms with Gasteiger partial charge in [0.25, 0.3) is 0 Å². The molecule has 0 aromatic rings. The van der Waals surface area contributed by atoms with E-state index in [-0.39, 0.29) is 12.5 Å². The van der Waals surface area contributed by atoms with Gasteiger partial charge in [-0.2, -0.15) is 0 Å². The number of hydrogen-bond acceptors (Lipinski definition) is 8. The Hall–Kier alpha value is -2.11. The molecule has 0 saturated carbocycles. The van der Waals surface area contributed by atoms with Crippen molar-refractivity contribution in [2.45, 2.75) is 320 Å². The van der Waals surface area contributed by atoms with Gasteiger partial charge in [0, 0.05) is 6.42 Å². The summed E-state index contributed by atoms with van der Waals surface area (Å²) in [5, 5.41) is 54.5. The van der Waals surface area contributed by atoms with Gasteiger partial charge < -0.3 is 40.3 Å². The van der Waals surface area contributed by atoms with Gasteiger partial charge in [0.05, 0.1) is 25.4 Å². The van der Waals surface area contributed by atoms with Crippen molar-refractivity contribution >= 4 is 5.91 Å². The highest BCUT2D eigenvalue weighted by Crippen LogP contribution is 2.23. The normalized spacial score (nSPS) is 19.6. The second kappa shape index (κ2) is 52.3. The predicted octanol–water partition coefficient (Wildman–Crippen LogP) is 15.5. The number of ether oxygens (including phenoxy) is 2. The maximum Gasteiger partial charge on any atom is 0.220 e. The number of nitrogens with one attached hydrogen (secondary N) is 1. The van der Waals surface area contributed by atoms with Crippen molar-refractivity contribution in [2.75, 3.05) is 13.2 Å². The summed E-state index contributed by atoms with van der Waals surface area (Å²) in [7, 11) is 0. The van der Waals surface area contributed by atoms with Crippen molar-refractivity contribution < 1.29 is 39.8 Å². The van der Waals surface area contributed by atoms with Crippen molar-refractivity contribution in [3.8, 4) is 0 Å². The van der Waals surface area contributed by atoms with Gasteiger partial charge in [0.15, 0.2) is 6.29 Å². The summed E-state index contributed by atoms with van der Waals surface area (Å²) in [6, 6.07) is -0.830. The number of carbonyl (C=O) groups excluding carboxylic acids is 1. The van der Waals surface area contributed by atoms with E-state index < -0.39 is 49.5 Å². The van der Waals surface area contributed by atoms with Crippen molar-refractivity contribution in [3.63, 3.8) is 0 Å². The Morgan fingerprint density at radius 2 is 0.875 bits per heavy atom. The molecule has 1 aliphatic heterocycles. The Bertz CT molecular complexity index is 1310. The lowest BCUT2D eigenvalue weighted by atomic mass is 9.99. The first-order valence-corrected chi connectivity index (χ1v) is 30.5. The molecular weight excluding hydrogens is 899 g/mol. The van der Waals surface area contributed by atoms with Crippen molar-refractivity contribution in [1.29, 1.82) is 0 Å². The van der Waals surface area contributed by atoms with Crippen LogP contribution in [-0.4, -0.2) is 87.5 Å². The fourth-order valence-corrected chi connectivity index (χ4v) is 9.54. The van der Waals surface area contributed by atoms with Gasteiger partial charge >= 0.3 is 0 Å². The third-order valence-corrected chi connectivity index (χ3v) is 14.3. The number of amides is 1. The van der Waals surface area contributed by atoms with Crippen LogP contribution in [0.3, 0.4) is 0 Å². The molecule has 420 valence electrons. The molecule has 7 atom stereocenters. The maximum absolute atomic E-state index is 13.0. The molecule has 1 rings (SSSR count). The molecule has 0 aliphatic carbocycles. The minimum absolute atomic E-state index is 0.196. The molecule has 1 aliphatic rings. The third-order valence-electron chi connectivity index (χ3n) is 14.3. The van der Waals surface area contributed by atoms with Crippen LogP contribution in [0.25, 0.3) is 0 Å². The lowest BCUT2D eigenvalue weighted by molar-refractivity contribution is -0.302. The van der Waals surface area contributed by atoms with E-state index in [4.69, 9.17) is 9.47 Å². The second-order valence-electron chi connectivity index (χ2n) is 21.1. The Kier molecular flexibility index (Phi) is 49.4. The summed E-state index contributed by atoms with van der Waals surface area (Å²) in [6.07, 6.45) is 64.6. The standard InChI is InChI=1S/C63H115NO8/c1-3-5-7-9-11-13-15-17-19-21-22-23-24-25-26-27-28-29-30-31-32-33-34-35-37-38-40-42-44-46-48-50-52-57(66)56(55-71-63-62(70)61(69)60(68)58(54-65)72-63)64-59(67)53-51-49-47-45-43-41-39-36-20-18-16-14-12-10-8-6-4-2/h6,8,12,14,18,20,42,44,50,52,56-58,60-63,65-66,68-70H,3-5,7,9-11,13,15-17,19,21-41,43,45-49,51,53-55H2,1-2H3,(H,64,67)/b8-6-,14-12-,20-18-,44-42+,52-50+. The summed E-state index contributed by atoms with van der Waals surface area (Å²) < 4.78 is 11.3. The number of rotatable bonds is 52. The first-order valence-electron chi connectivity index (χ1n) is 30.5. The van der Waals surface area contributed by atoms with E-state index in [1.54, 1.807) is 6.08 Å². The predicted molar refractivity (Wildman–Crippen MR) is 304 cm³/mol. The molecule has 1 fully saturated rings. The molecule has 72 heavy (non-hydrogen) atoms. The van der Waals surface area contributed by atoms with E-state index in [1.165, 1.54) is 186 Å². The molecule has 9 nitrogen and oxygen atoms in total. The van der Waals surface area contributed by atoms with Crippen LogP contribution in [0.4, 0.5) is 0 Å². The van der Waals surface area contributed by atoms with Crippen LogP contribution in [0, 0.1) is 0 Å². The minimum Gasteiger partial charge on any atom is -0.394 e. The SMILES string of the molecule is CC/C=C\C/C=C\C/C=C\CCCCCCCCCC(=O)NC(COC1OC(CO)C(O)C(O)C1O)C(O)/C=C/CC/C=C/CCCCCCCCCCCCCCCCCCCCCCCCCCCC. The van der Waals surface area contributed by atoms with Crippen molar-refractivity contribution in [1.82, 2.24) is 5.32 Å². The average Bonchev–Trinajstić information content (AvgIpc) is 3.38. The molecule has 9 heteroatoms. The van der Waals surface area contributed by atoms with Gasteiger partial charge in [0.1, 0.15) is 24.4 Å². The van der Waals surface area contributed by atoms with E-state index in [0.717, 1.165) is 70.6 Å². The van der Waals surface area contributed by atoms with Gasteiger partial charge in [0.2, 0.25) is 5.91 Å². The monoisotopic (exact) mass is 1010 g/mol. The largest absolute Gasteiger partial charge is 0.394 e. The Labute approximate surface area is 443 Å².